The fourth-order valence-corrected chi connectivity index (χ4v) is 6.46. The van der Waals surface area contributed by atoms with Gasteiger partial charge in [-0.2, -0.15) is 0 Å². The summed E-state index contributed by atoms with van der Waals surface area (Å²) in [6.45, 7) is 17.4. The van der Waals surface area contributed by atoms with E-state index in [1.165, 1.54) is 108 Å². The molecule has 0 amide bonds. The molecular weight excluding hydrogens is 589 g/mol. The fraction of sp³-hybridized carbons (Fsp3) is 0.224. The third kappa shape index (κ3) is 7.87. The van der Waals surface area contributed by atoms with Crippen molar-refractivity contribution < 1.29 is 0 Å². The highest BCUT2D eigenvalue weighted by molar-refractivity contribution is 6.09. The normalized spacial score (nSPS) is 10.7. The first-order valence-corrected chi connectivity index (χ1v) is 18.1. The van der Waals surface area contributed by atoms with Crippen molar-refractivity contribution in [2.75, 3.05) is 0 Å². The Hall–Kier alpha value is -4.94. The molecule has 0 atom stereocenters. The molecule has 0 aliphatic rings. The molecule has 0 fully saturated rings. The van der Waals surface area contributed by atoms with Crippen molar-refractivity contribution in [3.8, 4) is 44.5 Å². The van der Waals surface area contributed by atoms with Gasteiger partial charge in [-0.15, -0.1) is 0 Å². The molecule has 7 aromatic carbocycles. The highest BCUT2D eigenvalue weighted by atomic mass is 14.2. The van der Waals surface area contributed by atoms with Gasteiger partial charge in [-0.1, -0.05) is 156 Å². The Morgan fingerprint density at radius 1 is 0.327 bits per heavy atom. The quantitative estimate of drug-likeness (QED) is 0.164. The summed E-state index contributed by atoms with van der Waals surface area (Å²) >= 11 is 0. The molecule has 0 saturated heterocycles. The standard InChI is InChI=1S/C42H34.C4H10.C3H8/c1-27-11-5-7-15-35(27)39-23-33(21-19-29(39)3)37-17-9-13-31-26-42-32(25-41(31)37)14-10-18-38(42)34-22-20-30(4)40(24-34)36-16-8-6-12-28(36)2;1-3-4-2;1-3-2/h5-26H,1-4H3;3-4H2,1-2H3;3H2,1-2H3. The van der Waals surface area contributed by atoms with E-state index in [1.807, 2.05) is 0 Å². The van der Waals surface area contributed by atoms with Gasteiger partial charge in [-0.3, -0.25) is 0 Å². The molecule has 0 unspecified atom stereocenters. The first-order chi connectivity index (χ1) is 23.8. The Morgan fingerprint density at radius 2 is 0.673 bits per heavy atom. The lowest BCUT2D eigenvalue weighted by Gasteiger charge is -2.15. The van der Waals surface area contributed by atoms with Crippen LogP contribution in [0.4, 0.5) is 0 Å². The van der Waals surface area contributed by atoms with Crippen molar-refractivity contribution in [2.24, 2.45) is 0 Å². The van der Waals surface area contributed by atoms with Crippen LogP contribution in [0.1, 0.15) is 69.2 Å². The maximum Gasteiger partial charge on any atom is -0.00990 e. The van der Waals surface area contributed by atoms with E-state index in [9.17, 15) is 0 Å². The van der Waals surface area contributed by atoms with Gasteiger partial charge >= 0.3 is 0 Å². The molecule has 49 heavy (non-hydrogen) atoms. The van der Waals surface area contributed by atoms with Gasteiger partial charge in [0, 0.05) is 0 Å². The molecule has 7 rings (SSSR count). The minimum Gasteiger partial charge on any atom is -0.0656 e. The topological polar surface area (TPSA) is 0 Å². The van der Waals surface area contributed by atoms with Crippen LogP contribution in [0.2, 0.25) is 0 Å². The number of hydrogen-bond donors (Lipinski definition) is 0. The van der Waals surface area contributed by atoms with Gasteiger partial charge in [-0.05, 0) is 140 Å². The number of aryl methyl sites for hydroxylation is 4. The summed E-state index contributed by atoms with van der Waals surface area (Å²) in [5.41, 5.74) is 15.4. The third-order valence-electron chi connectivity index (χ3n) is 9.35. The van der Waals surface area contributed by atoms with Crippen molar-refractivity contribution in [3.63, 3.8) is 0 Å². The number of hydrogen-bond acceptors (Lipinski definition) is 0. The van der Waals surface area contributed by atoms with Crippen molar-refractivity contribution in [1.82, 2.24) is 0 Å². The largest absolute Gasteiger partial charge is 0.0656 e. The Balaban J connectivity index is 0.000000615. The second kappa shape index (κ2) is 16.4. The molecule has 0 nitrogen and oxygen atoms in total. The second-order valence-corrected chi connectivity index (χ2v) is 13.3. The van der Waals surface area contributed by atoms with E-state index in [1.54, 1.807) is 0 Å². The van der Waals surface area contributed by atoms with Crippen LogP contribution in [0, 0.1) is 27.7 Å². The van der Waals surface area contributed by atoms with Gasteiger partial charge < -0.3 is 0 Å². The van der Waals surface area contributed by atoms with Crippen LogP contribution in [0.3, 0.4) is 0 Å². The lowest BCUT2D eigenvalue weighted by molar-refractivity contribution is 0.886. The van der Waals surface area contributed by atoms with Crippen LogP contribution < -0.4 is 0 Å². The second-order valence-electron chi connectivity index (χ2n) is 13.3. The predicted octanol–water partition coefficient (Wildman–Crippen LogP) is 15.1. The lowest BCUT2D eigenvalue weighted by atomic mass is 9.88. The van der Waals surface area contributed by atoms with Gasteiger partial charge in [0.2, 0.25) is 0 Å². The van der Waals surface area contributed by atoms with Crippen LogP contribution in [-0.4, -0.2) is 0 Å². The average molecular weight is 641 g/mol. The van der Waals surface area contributed by atoms with Crippen LogP contribution in [-0.2, 0) is 0 Å². The molecule has 0 bridgehead atoms. The average Bonchev–Trinajstić information content (AvgIpc) is 3.12. The van der Waals surface area contributed by atoms with E-state index in [0.717, 1.165) is 0 Å². The summed E-state index contributed by atoms with van der Waals surface area (Å²) < 4.78 is 0. The molecule has 0 spiro atoms. The summed E-state index contributed by atoms with van der Waals surface area (Å²) in [6.07, 6.45) is 3.89. The van der Waals surface area contributed by atoms with Crippen molar-refractivity contribution in [1.29, 1.82) is 0 Å². The van der Waals surface area contributed by atoms with Gasteiger partial charge in [0.1, 0.15) is 0 Å². The van der Waals surface area contributed by atoms with E-state index in [-0.39, 0.29) is 0 Å². The summed E-state index contributed by atoms with van der Waals surface area (Å²) in [6, 6.07) is 49.3. The monoisotopic (exact) mass is 640 g/mol. The molecule has 248 valence electrons. The fourth-order valence-electron chi connectivity index (χ4n) is 6.46. The summed E-state index contributed by atoms with van der Waals surface area (Å²) in [5.74, 6) is 0. The molecule has 0 radical (unpaired) electrons. The number of rotatable bonds is 5. The molecular formula is C49H52. The zero-order chi connectivity index (χ0) is 34.9. The zero-order valence-corrected chi connectivity index (χ0v) is 30.8. The lowest BCUT2D eigenvalue weighted by Crippen LogP contribution is -1.90. The Kier molecular flexibility index (Phi) is 11.9. The Bertz CT molecular complexity index is 2020. The van der Waals surface area contributed by atoms with Crippen LogP contribution in [0.5, 0.6) is 0 Å². The maximum absolute atomic E-state index is 2.38. The number of benzene rings is 7. The minimum atomic E-state index is 1.25. The zero-order valence-electron chi connectivity index (χ0n) is 30.8. The molecule has 0 aliphatic carbocycles. The molecule has 0 N–H and O–H groups in total. The van der Waals surface area contributed by atoms with E-state index < -0.39 is 0 Å². The van der Waals surface area contributed by atoms with Gasteiger partial charge in [0.25, 0.3) is 0 Å². The number of unbranched alkanes of at least 4 members (excludes halogenated alkanes) is 1. The van der Waals surface area contributed by atoms with Crippen molar-refractivity contribution >= 4 is 21.5 Å². The maximum atomic E-state index is 2.38. The van der Waals surface area contributed by atoms with Gasteiger partial charge in [-0.25, -0.2) is 0 Å². The SMILES string of the molecule is CCC.CCCC.Cc1ccccc1-c1cc(-c2cccc3cc4c(-c5ccc(C)c(-c6ccccc6C)c5)cccc4cc23)ccc1C. The summed E-state index contributed by atoms with van der Waals surface area (Å²) in [5, 5.41) is 5.09. The summed E-state index contributed by atoms with van der Waals surface area (Å²) in [7, 11) is 0. The molecule has 0 heterocycles. The molecule has 0 aliphatic heterocycles. The van der Waals surface area contributed by atoms with E-state index in [4.69, 9.17) is 0 Å². The van der Waals surface area contributed by atoms with E-state index in [2.05, 4.69) is 189 Å². The van der Waals surface area contributed by atoms with Gasteiger partial charge in [0.15, 0.2) is 0 Å². The number of fused-ring (bicyclic) bond motifs is 2. The van der Waals surface area contributed by atoms with Crippen LogP contribution in [0.25, 0.3) is 66.1 Å². The molecule has 0 heteroatoms. The van der Waals surface area contributed by atoms with E-state index in [0.29, 0.717) is 0 Å². The molecule has 0 saturated carbocycles. The van der Waals surface area contributed by atoms with Crippen molar-refractivity contribution in [3.05, 3.63) is 156 Å². The summed E-state index contributed by atoms with van der Waals surface area (Å²) in [4.78, 5) is 0. The Labute approximate surface area is 295 Å². The Morgan fingerprint density at radius 3 is 1.04 bits per heavy atom. The van der Waals surface area contributed by atoms with Gasteiger partial charge in [0.05, 0.1) is 0 Å². The van der Waals surface area contributed by atoms with Crippen molar-refractivity contribution in [2.45, 2.75) is 74.7 Å². The highest BCUT2D eigenvalue weighted by Gasteiger charge is 2.13. The first kappa shape index (κ1) is 35.4. The van der Waals surface area contributed by atoms with Crippen LogP contribution >= 0.6 is 0 Å². The molecule has 7 aromatic rings. The minimum absolute atomic E-state index is 1.25. The van der Waals surface area contributed by atoms with E-state index >= 15 is 0 Å². The highest BCUT2D eigenvalue weighted by Crippen LogP contribution is 2.39. The molecule has 0 aromatic heterocycles. The predicted molar refractivity (Wildman–Crippen MR) is 219 cm³/mol. The van der Waals surface area contributed by atoms with Crippen LogP contribution in [0.15, 0.2) is 133 Å². The smallest absolute Gasteiger partial charge is 0.00990 e. The first-order valence-electron chi connectivity index (χ1n) is 18.1. The third-order valence-corrected chi connectivity index (χ3v) is 9.35.